The minimum atomic E-state index is -0.294. The molecule has 0 aliphatic heterocycles. The van der Waals surface area contributed by atoms with E-state index in [2.05, 4.69) is 32.0 Å². The Morgan fingerprint density at radius 3 is 2.64 bits per heavy atom. The van der Waals surface area contributed by atoms with Crippen molar-refractivity contribution in [2.45, 2.75) is 39.7 Å². The maximum absolute atomic E-state index is 12.7. The smallest absolute Gasteiger partial charge is 0.283 e. The molecular formula is C19H26N2O3S. The summed E-state index contributed by atoms with van der Waals surface area (Å²) in [7, 11) is 1.66. The number of benzene rings is 1. The number of amides is 1. The molecule has 0 atom stereocenters. The first-order valence-electron chi connectivity index (χ1n) is 8.37. The number of thiazole rings is 1. The molecule has 2 rings (SSSR count). The molecule has 0 aliphatic rings. The number of carbonyl (C=O) groups excluding carboxylic acids is 1. The van der Waals surface area contributed by atoms with Crippen LogP contribution in [0, 0.1) is 0 Å². The molecule has 1 heterocycles. The third-order valence-electron chi connectivity index (χ3n) is 3.61. The lowest BCUT2D eigenvalue weighted by atomic mass is 9.95. The number of aromatic nitrogens is 1. The van der Waals surface area contributed by atoms with E-state index in [0.717, 1.165) is 0 Å². The number of rotatable bonds is 6. The van der Waals surface area contributed by atoms with Gasteiger partial charge in [-0.2, -0.15) is 4.99 Å². The fourth-order valence-corrected chi connectivity index (χ4v) is 3.31. The molecule has 0 bridgehead atoms. The molecule has 0 saturated heterocycles. The minimum absolute atomic E-state index is 0.000461. The summed E-state index contributed by atoms with van der Waals surface area (Å²) < 4.78 is 12.7. The predicted octanol–water partition coefficient (Wildman–Crippen LogP) is 3.63. The van der Waals surface area contributed by atoms with Crippen LogP contribution in [0.15, 0.2) is 35.5 Å². The van der Waals surface area contributed by atoms with Crippen molar-refractivity contribution in [2.75, 3.05) is 20.3 Å². The highest BCUT2D eigenvalue weighted by Crippen LogP contribution is 2.24. The summed E-state index contributed by atoms with van der Waals surface area (Å²) in [5.41, 5.74) is 0.479. The van der Waals surface area contributed by atoms with Crippen molar-refractivity contribution in [3.63, 3.8) is 0 Å². The number of nitrogens with zero attached hydrogens (tertiary/aromatic N) is 2. The van der Waals surface area contributed by atoms with Gasteiger partial charge in [0.1, 0.15) is 5.75 Å². The summed E-state index contributed by atoms with van der Waals surface area (Å²) >= 11 is 1.54. The zero-order valence-electron chi connectivity index (χ0n) is 15.5. The first-order chi connectivity index (χ1) is 11.9. The van der Waals surface area contributed by atoms with Gasteiger partial charge in [0.15, 0.2) is 4.80 Å². The van der Waals surface area contributed by atoms with Crippen molar-refractivity contribution >= 4 is 17.2 Å². The van der Waals surface area contributed by atoms with E-state index in [4.69, 9.17) is 9.47 Å². The van der Waals surface area contributed by atoms with Gasteiger partial charge in [0, 0.05) is 24.7 Å². The van der Waals surface area contributed by atoms with Crippen LogP contribution in [-0.4, -0.2) is 30.8 Å². The van der Waals surface area contributed by atoms with Gasteiger partial charge in [-0.15, -0.1) is 11.3 Å². The molecule has 0 fully saturated rings. The highest BCUT2D eigenvalue weighted by atomic mass is 32.1. The van der Waals surface area contributed by atoms with Crippen molar-refractivity contribution in [1.82, 2.24) is 4.57 Å². The number of hydrogen-bond acceptors (Lipinski definition) is 4. The fraction of sp³-hybridized carbons (Fsp3) is 0.474. The van der Waals surface area contributed by atoms with Crippen molar-refractivity contribution in [1.29, 1.82) is 0 Å². The van der Waals surface area contributed by atoms with Crippen molar-refractivity contribution in [3.05, 3.63) is 45.7 Å². The SMILES string of the molecule is CCOc1ccccc1C(=O)N=c1sc(C(C)(C)C)cn1CCOC. The minimum Gasteiger partial charge on any atom is -0.493 e. The maximum atomic E-state index is 12.7. The summed E-state index contributed by atoms with van der Waals surface area (Å²) in [5.74, 6) is 0.271. The van der Waals surface area contributed by atoms with Crippen LogP contribution in [0.3, 0.4) is 0 Å². The Bertz CT molecular complexity index is 784. The van der Waals surface area contributed by atoms with Gasteiger partial charge in [-0.1, -0.05) is 32.9 Å². The highest BCUT2D eigenvalue weighted by Gasteiger charge is 2.18. The van der Waals surface area contributed by atoms with Crippen LogP contribution in [0.1, 0.15) is 42.9 Å². The van der Waals surface area contributed by atoms with Gasteiger partial charge in [0.05, 0.1) is 18.8 Å². The van der Waals surface area contributed by atoms with Gasteiger partial charge in [-0.05, 0) is 24.5 Å². The fourth-order valence-electron chi connectivity index (χ4n) is 2.24. The van der Waals surface area contributed by atoms with E-state index in [-0.39, 0.29) is 11.3 Å². The summed E-state index contributed by atoms with van der Waals surface area (Å²) in [6, 6.07) is 7.21. The molecule has 1 aromatic carbocycles. The lowest BCUT2D eigenvalue weighted by Crippen LogP contribution is -2.18. The van der Waals surface area contributed by atoms with E-state index in [0.29, 0.717) is 35.9 Å². The van der Waals surface area contributed by atoms with Crippen molar-refractivity contribution in [3.8, 4) is 5.75 Å². The highest BCUT2D eigenvalue weighted by molar-refractivity contribution is 7.09. The number of carbonyl (C=O) groups is 1. The summed E-state index contributed by atoms with van der Waals surface area (Å²) in [6.45, 7) is 10.1. The topological polar surface area (TPSA) is 52.8 Å². The van der Waals surface area contributed by atoms with Crippen molar-refractivity contribution < 1.29 is 14.3 Å². The first-order valence-corrected chi connectivity index (χ1v) is 9.19. The molecule has 25 heavy (non-hydrogen) atoms. The summed E-state index contributed by atoms with van der Waals surface area (Å²) in [5, 5.41) is 0. The van der Waals surface area contributed by atoms with E-state index in [9.17, 15) is 4.79 Å². The van der Waals surface area contributed by atoms with E-state index in [1.165, 1.54) is 16.2 Å². The maximum Gasteiger partial charge on any atom is 0.283 e. The molecule has 0 unspecified atom stereocenters. The largest absolute Gasteiger partial charge is 0.493 e. The molecule has 0 saturated carbocycles. The normalized spacial score (nSPS) is 12.4. The van der Waals surface area contributed by atoms with Gasteiger partial charge in [0.2, 0.25) is 0 Å². The molecule has 0 N–H and O–H groups in total. The first kappa shape index (κ1) is 19.4. The second kappa shape index (κ2) is 8.45. The number of para-hydroxylation sites is 1. The van der Waals surface area contributed by atoms with Gasteiger partial charge in [0.25, 0.3) is 5.91 Å². The van der Waals surface area contributed by atoms with Gasteiger partial charge in [-0.3, -0.25) is 4.79 Å². The molecule has 136 valence electrons. The molecule has 0 aliphatic carbocycles. The zero-order valence-corrected chi connectivity index (χ0v) is 16.4. The molecule has 1 aromatic heterocycles. The molecule has 2 aromatic rings. The van der Waals surface area contributed by atoms with Crippen LogP contribution in [0.25, 0.3) is 0 Å². The lowest BCUT2D eigenvalue weighted by Gasteiger charge is -2.14. The molecular weight excluding hydrogens is 336 g/mol. The molecule has 0 spiro atoms. The van der Waals surface area contributed by atoms with Gasteiger partial charge in [-0.25, -0.2) is 0 Å². The van der Waals surface area contributed by atoms with E-state index in [1.807, 2.05) is 23.6 Å². The van der Waals surface area contributed by atoms with E-state index >= 15 is 0 Å². The van der Waals surface area contributed by atoms with Gasteiger partial charge >= 0.3 is 0 Å². The Labute approximate surface area is 152 Å². The lowest BCUT2D eigenvalue weighted by molar-refractivity contribution is 0.0993. The van der Waals surface area contributed by atoms with Crippen LogP contribution < -0.4 is 9.54 Å². The zero-order chi connectivity index (χ0) is 18.4. The van der Waals surface area contributed by atoms with Crippen molar-refractivity contribution in [2.24, 2.45) is 4.99 Å². The van der Waals surface area contributed by atoms with E-state index in [1.54, 1.807) is 19.2 Å². The Hall–Kier alpha value is -1.92. The number of hydrogen-bond donors (Lipinski definition) is 0. The van der Waals surface area contributed by atoms with Gasteiger partial charge < -0.3 is 14.0 Å². The summed E-state index contributed by atoms with van der Waals surface area (Å²) in [4.78, 5) is 18.9. The Balaban J connectivity index is 2.45. The average Bonchev–Trinajstić information content (AvgIpc) is 2.96. The van der Waals surface area contributed by atoms with E-state index < -0.39 is 0 Å². The number of methoxy groups -OCH3 is 1. The van der Waals surface area contributed by atoms with Crippen LogP contribution >= 0.6 is 11.3 Å². The molecule has 1 amide bonds. The van der Waals surface area contributed by atoms with Crippen LogP contribution in [0.5, 0.6) is 5.75 Å². The Kier molecular flexibility index (Phi) is 6.56. The third-order valence-corrected chi connectivity index (χ3v) is 5.06. The third kappa shape index (κ3) is 5.03. The Morgan fingerprint density at radius 2 is 2.00 bits per heavy atom. The van der Waals surface area contributed by atoms with Crippen LogP contribution in [0.2, 0.25) is 0 Å². The second-order valence-corrected chi connectivity index (χ2v) is 7.67. The molecule has 0 radical (unpaired) electrons. The number of ether oxygens (including phenoxy) is 2. The standard InChI is InChI=1S/C19H26N2O3S/c1-6-24-15-10-8-7-9-14(15)17(22)20-18-21(11-12-23-5)13-16(25-18)19(2,3)4/h7-10,13H,6,11-12H2,1-5H3. The second-order valence-electron chi connectivity index (χ2n) is 6.66. The predicted molar refractivity (Wildman–Crippen MR) is 100 cm³/mol. The molecule has 5 nitrogen and oxygen atoms in total. The quantitative estimate of drug-likeness (QED) is 0.788. The monoisotopic (exact) mass is 362 g/mol. The summed E-state index contributed by atoms with van der Waals surface area (Å²) in [6.07, 6.45) is 2.06. The molecule has 6 heteroatoms. The Morgan fingerprint density at radius 1 is 1.28 bits per heavy atom. The average molecular weight is 362 g/mol. The van der Waals surface area contributed by atoms with Crippen LogP contribution in [-0.2, 0) is 16.7 Å². The van der Waals surface area contributed by atoms with Crippen LogP contribution in [0.4, 0.5) is 0 Å².